The van der Waals surface area contributed by atoms with Crippen LogP contribution in [0.2, 0.25) is 0 Å². The van der Waals surface area contributed by atoms with Gasteiger partial charge in [-0.15, -0.1) is 11.3 Å². The Labute approximate surface area is 140 Å². The fourth-order valence-electron chi connectivity index (χ4n) is 2.27. The fourth-order valence-corrected chi connectivity index (χ4v) is 2.92. The van der Waals surface area contributed by atoms with Gasteiger partial charge in [0.05, 0.1) is 17.0 Å². The van der Waals surface area contributed by atoms with E-state index >= 15 is 0 Å². The predicted octanol–water partition coefficient (Wildman–Crippen LogP) is 4.45. The predicted molar refractivity (Wildman–Crippen MR) is 84.2 cm³/mol. The van der Waals surface area contributed by atoms with Crippen molar-refractivity contribution in [1.82, 2.24) is 15.0 Å². The van der Waals surface area contributed by atoms with E-state index in [1.807, 2.05) is 22.4 Å². The molecule has 0 amide bonds. The summed E-state index contributed by atoms with van der Waals surface area (Å²) in [6, 6.07) is 9.08. The number of nitrogens with zero attached hydrogens (tertiary/aromatic N) is 3. The Morgan fingerprint density at radius 2 is 2.00 bits per heavy atom. The summed E-state index contributed by atoms with van der Waals surface area (Å²) in [5, 5.41) is 5.83. The number of benzene rings is 1. The van der Waals surface area contributed by atoms with Crippen LogP contribution < -0.4 is 0 Å². The fraction of sp³-hybridized carbons (Fsp3) is 0.250. The molecule has 0 spiro atoms. The van der Waals surface area contributed by atoms with Gasteiger partial charge in [-0.3, -0.25) is 4.90 Å². The largest absolute Gasteiger partial charge is 0.416 e. The average Bonchev–Trinajstić information content (AvgIpc) is 3.17. The molecule has 0 aliphatic heterocycles. The van der Waals surface area contributed by atoms with E-state index in [2.05, 4.69) is 10.1 Å². The molecule has 0 bridgehead atoms. The number of hydrogen-bond acceptors (Lipinski definition) is 5. The van der Waals surface area contributed by atoms with Gasteiger partial charge in [-0.05, 0) is 30.1 Å². The lowest BCUT2D eigenvalue weighted by molar-refractivity contribution is -0.137. The van der Waals surface area contributed by atoms with Crippen molar-refractivity contribution in [2.24, 2.45) is 0 Å². The average molecular weight is 353 g/mol. The molecule has 3 rings (SSSR count). The van der Waals surface area contributed by atoms with E-state index in [-0.39, 0.29) is 0 Å². The van der Waals surface area contributed by atoms with Crippen molar-refractivity contribution < 1.29 is 17.7 Å². The highest BCUT2D eigenvalue weighted by Gasteiger charge is 2.30. The summed E-state index contributed by atoms with van der Waals surface area (Å²) in [6.45, 7) is 0.734. The number of alkyl halides is 3. The van der Waals surface area contributed by atoms with Crippen LogP contribution in [0.1, 0.15) is 17.0 Å². The van der Waals surface area contributed by atoms with Crippen LogP contribution in [0, 0.1) is 0 Å². The van der Waals surface area contributed by atoms with Crippen LogP contribution >= 0.6 is 11.3 Å². The first kappa shape index (κ1) is 16.7. The summed E-state index contributed by atoms with van der Waals surface area (Å²) in [4.78, 5) is 7.02. The van der Waals surface area contributed by atoms with E-state index in [0.717, 1.165) is 17.0 Å². The lowest BCUT2D eigenvalue weighted by atomic mass is 10.1. The van der Waals surface area contributed by atoms with E-state index in [0.29, 0.717) is 30.4 Å². The summed E-state index contributed by atoms with van der Waals surface area (Å²) in [5.41, 5.74) is -0.0674. The van der Waals surface area contributed by atoms with Crippen LogP contribution in [-0.4, -0.2) is 22.1 Å². The number of thiophene rings is 1. The molecule has 8 heteroatoms. The number of aromatic nitrogens is 2. The third-order valence-electron chi connectivity index (χ3n) is 3.32. The normalized spacial score (nSPS) is 12.0. The molecule has 0 N–H and O–H groups in total. The standard InChI is InChI=1S/C16H14F3N3OS/c1-22(9-11-4-2-5-12(8-11)16(17,18)19)10-14-20-15(23-21-14)13-6-3-7-24-13/h2-8H,9-10H2,1H3. The first-order chi connectivity index (χ1) is 11.4. The zero-order valence-electron chi connectivity index (χ0n) is 12.7. The molecule has 0 radical (unpaired) electrons. The van der Waals surface area contributed by atoms with E-state index in [1.54, 1.807) is 13.1 Å². The molecule has 0 unspecified atom stereocenters. The summed E-state index contributed by atoms with van der Waals surface area (Å²) in [7, 11) is 1.79. The highest BCUT2D eigenvalue weighted by atomic mass is 32.1. The Balaban J connectivity index is 1.65. The van der Waals surface area contributed by atoms with Crippen LogP contribution in [0.5, 0.6) is 0 Å². The van der Waals surface area contributed by atoms with Gasteiger partial charge in [0.1, 0.15) is 0 Å². The van der Waals surface area contributed by atoms with Gasteiger partial charge >= 0.3 is 6.18 Å². The van der Waals surface area contributed by atoms with Gasteiger partial charge in [-0.2, -0.15) is 18.2 Å². The molecule has 1 aromatic carbocycles. The van der Waals surface area contributed by atoms with Gasteiger partial charge in [0.25, 0.3) is 5.89 Å². The van der Waals surface area contributed by atoms with E-state index in [9.17, 15) is 13.2 Å². The first-order valence-electron chi connectivity index (χ1n) is 7.13. The molecule has 0 saturated carbocycles. The minimum Gasteiger partial charge on any atom is -0.333 e. The molecule has 4 nitrogen and oxygen atoms in total. The van der Waals surface area contributed by atoms with Gasteiger partial charge < -0.3 is 4.52 Å². The number of halogens is 3. The van der Waals surface area contributed by atoms with Crippen molar-refractivity contribution in [3.63, 3.8) is 0 Å². The molecule has 0 aliphatic rings. The second-order valence-corrected chi connectivity index (χ2v) is 6.31. The van der Waals surface area contributed by atoms with Crippen molar-refractivity contribution in [2.75, 3.05) is 7.05 Å². The second-order valence-electron chi connectivity index (χ2n) is 5.36. The zero-order chi connectivity index (χ0) is 17.2. The molecule has 126 valence electrons. The molecule has 24 heavy (non-hydrogen) atoms. The second kappa shape index (κ2) is 6.74. The Kier molecular flexibility index (Phi) is 4.68. The van der Waals surface area contributed by atoms with Crippen molar-refractivity contribution in [2.45, 2.75) is 19.3 Å². The van der Waals surface area contributed by atoms with Crippen LogP contribution in [-0.2, 0) is 19.3 Å². The minimum absolute atomic E-state index is 0.354. The highest BCUT2D eigenvalue weighted by Crippen LogP contribution is 2.29. The summed E-state index contributed by atoms with van der Waals surface area (Å²) in [5.74, 6) is 0.945. The Morgan fingerprint density at radius 1 is 1.17 bits per heavy atom. The molecular weight excluding hydrogens is 339 g/mol. The molecular formula is C16H14F3N3OS. The molecule has 0 aliphatic carbocycles. The monoisotopic (exact) mass is 353 g/mol. The molecule has 2 heterocycles. The van der Waals surface area contributed by atoms with Crippen molar-refractivity contribution in [1.29, 1.82) is 0 Å². The van der Waals surface area contributed by atoms with E-state index in [1.165, 1.54) is 17.4 Å². The van der Waals surface area contributed by atoms with Crippen molar-refractivity contribution in [3.8, 4) is 10.8 Å². The third kappa shape index (κ3) is 4.01. The van der Waals surface area contributed by atoms with Crippen LogP contribution in [0.3, 0.4) is 0 Å². The maximum atomic E-state index is 12.7. The van der Waals surface area contributed by atoms with Gasteiger partial charge in [-0.25, -0.2) is 0 Å². The number of hydrogen-bond donors (Lipinski definition) is 0. The lowest BCUT2D eigenvalue weighted by Crippen LogP contribution is -2.18. The minimum atomic E-state index is -4.34. The van der Waals surface area contributed by atoms with Gasteiger partial charge in [0, 0.05) is 6.54 Å². The van der Waals surface area contributed by atoms with Gasteiger partial charge in [-0.1, -0.05) is 29.4 Å². The van der Waals surface area contributed by atoms with Crippen LogP contribution in [0.15, 0.2) is 46.3 Å². The topological polar surface area (TPSA) is 42.2 Å². The maximum absolute atomic E-state index is 12.7. The van der Waals surface area contributed by atoms with Crippen LogP contribution in [0.4, 0.5) is 13.2 Å². The van der Waals surface area contributed by atoms with Gasteiger partial charge in [0.15, 0.2) is 5.82 Å². The number of rotatable bonds is 5. The first-order valence-corrected chi connectivity index (χ1v) is 8.01. The molecule has 0 atom stereocenters. The lowest BCUT2D eigenvalue weighted by Gasteiger charge is -2.15. The molecule has 2 aromatic heterocycles. The Hall–Kier alpha value is -2.19. The van der Waals surface area contributed by atoms with E-state index in [4.69, 9.17) is 4.52 Å². The smallest absolute Gasteiger partial charge is 0.333 e. The summed E-state index contributed by atoms with van der Waals surface area (Å²) >= 11 is 1.50. The van der Waals surface area contributed by atoms with Gasteiger partial charge in [0.2, 0.25) is 0 Å². The Morgan fingerprint density at radius 3 is 2.71 bits per heavy atom. The summed E-state index contributed by atoms with van der Waals surface area (Å²) < 4.78 is 43.4. The molecule has 0 fully saturated rings. The quantitative estimate of drug-likeness (QED) is 0.680. The highest BCUT2D eigenvalue weighted by molar-refractivity contribution is 7.13. The zero-order valence-corrected chi connectivity index (χ0v) is 13.6. The van der Waals surface area contributed by atoms with Crippen LogP contribution in [0.25, 0.3) is 10.8 Å². The molecule has 3 aromatic rings. The SMILES string of the molecule is CN(Cc1cccc(C(F)(F)F)c1)Cc1noc(-c2cccs2)n1. The van der Waals surface area contributed by atoms with Crippen molar-refractivity contribution >= 4 is 11.3 Å². The molecule has 0 saturated heterocycles. The van der Waals surface area contributed by atoms with E-state index < -0.39 is 11.7 Å². The third-order valence-corrected chi connectivity index (χ3v) is 4.18. The summed E-state index contributed by atoms with van der Waals surface area (Å²) in [6.07, 6.45) is -4.34. The van der Waals surface area contributed by atoms with Crippen molar-refractivity contribution in [3.05, 3.63) is 58.7 Å². The maximum Gasteiger partial charge on any atom is 0.416 e. The Bertz CT molecular complexity index is 799.